The number of methoxy groups -OCH3 is 1. The Morgan fingerprint density at radius 1 is 1.23 bits per heavy atom. The summed E-state index contributed by atoms with van der Waals surface area (Å²) in [5.41, 5.74) is 2.25. The molecule has 1 N–H and O–H groups in total. The zero-order valence-electron chi connectivity index (χ0n) is 21.1. The van der Waals surface area contributed by atoms with Crippen LogP contribution in [-0.2, 0) is 16.1 Å². The number of carbonyl (C=O) groups is 2. The number of rotatable bonds is 5. The van der Waals surface area contributed by atoms with Crippen molar-refractivity contribution < 1.29 is 19.1 Å². The Morgan fingerprint density at radius 3 is 2.71 bits per heavy atom. The van der Waals surface area contributed by atoms with E-state index >= 15 is 0 Å². The quantitative estimate of drug-likeness (QED) is 0.706. The van der Waals surface area contributed by atoms with Gasteiger partial charge in [0.2, 0.25) is 5.91 Å². The lowest BCUT2D eigenvalue weighted by atomic mass is 10.0. The van der Waals surface area contributed by atoms with Crippen LogP contribution in [0.15, 0.2) is 42.7 Å². The molecule has 2 aliphatic rings. The SMILES string of the molecule is CO[C@@H]1CN(C)C(=O)c2ccc(NC(=O)C3CC3)cc2OC[C@H](C)N(Cc2cccnc2)C[C@@H]1C. The molecule has 2 aromatic rings. The van der Waals surface area contributed by atoms with Crippen LogP contribution in [0.25, 0.3) is 0 Å². The normalized spacial score (nSPS) is 24.1. The van der Waals surface area contributed by atoms with E-state index < -0.39 is 0 Å². The summed E-state index contributed by atoms with van der Waals surface area (Å²) in [4.78, 5) is 33.9. The predicted molar refractivity (Wildman–Crippen MR) is 134 cm³/mol. The van der Waals surface area contributed by atoms with E-state index in [2.05, 4.69) is 35.1 Å². The van der Waals surface area contributed by atoms with Gasteiger partial charge in [-0.2, -0.15) is 0 Å². The van der Waals surface area contributed by atoms with E-state index in [-0.39, 0.29) is 35.8 Å². The first-order chi connectivity index (χ1) is 16.9. The van der Waals surface area contributed by atoms with Crippen molar-refractivity contribution in [3.05, 3.63) is 53.9 Å². The topological polar surface area (TPSA) is 84.0 Å². The highest BCUT2D eigenvalue weighted by Gasteiger charge is 2.31. The molecule has 1 aliphatic carbocycles. The molecule has 1 aliphatic heterocycles. The summed E-state index contributed by atoms with van der Waals surface area (Å²) in [5, 5.41) is 2.96. The van der Waals surface area contributed by atoms with Gasteiger partial charge < -0.3 is 19.7 Å². The highest BCUT2D eigenvalue weighted by Crippen LogP contribution is 2.32. The van der Waals surface area contributed by atoms with E-state index in [4.69, 9.17) is 9.47 Å². The fraction of sp³-hybridized carbons (Fsp3) is 0.519. The van der Waals surface area contributed by atoms with Crippen LogP contribution in [-0.4, -0.2) is 72.6 Å². The summed E-state index contributed by atoms with van der Waals surface area (Å²) >= 11 is 0. The smallest absolute Gasteiger partial charge is 0.257 e. The fourth-order valence-corrected chi connectivity index (χ4v) is 4.46. The van der Waals surface area contributed by atoms with Crippen LogP contribution >= 0.6 is 0 Å². The third kappa shape index (κ3) is 6.38. The number of aromatic nitrogens is 1. The summed E-state index contributed by atoms with van der Waals surface area (Å²) in [7, 11) is 3.49. The molecule has 1 fully saturated rings. The Bertz CT molecular complexity index is 1030. The van der Waals surface area contributed by atoms with Crippen molar-refractivity contribution in [3.63, 3.8) is 0 Å². The molecule has 3 atom stereocenters. The molecule has 0 spiro atoms. The number of carbonyl (C=O) groups excluding carboxylic acids is 2. The standard InChI is InChI=1S/C27H36N4O4/c1-18-14-31(15-20-6-5-11-28-13-20)19(2)17-35-24-12-22(29-26(32)21-7-8-21)9-10-23(24)27(33)30(3)16-25(18)34-4/h5-6,9-13,18-19,21,25H,7-8,14-17H2,1-4H3,(H,29,32)/t18-,19-,25+/m0/s1. The lowest BCUT2D eigenvalue weighted by Gasteiger charge is -2.36. The molecule has 8 heteroatoms. The first kappa shape index (κ1) is 25.1. The average molecular weight is 481 g/mol. The third-order valence-electron chi connectivity index (χ3n) is 6.90. The maximum atomic E-state index is 13.3. The van der Waals surface area contributed by atoms with Crippen molar-refractivity contribution in [1.29, 1.82) is 0 Å². The van der Waals surface area contributed by atoms with Gasteiger partial charge >= 0.3 is 0 Å². The van der Waals surface area contributed by atoms with Crippen LogP contribution in [0.5, 0.6) is 5.75 Å². The summed E-state index contributed by atoms with van der Waals surface area (Å²) in [6, 6.07) is 9.37. The molecular formula is C27H36N4O4. The van der Waals surface area contributed by atoms with Crippen molar-refractivity contribution in [2.45, 2.75) is 45.4 Å². The van der Waals surface area contributed by atoms with Crippen molar-refractivity contribution in [1.82, 2.24) is 14.8 Å². The van der Waals surface area contributed by atoms with E-state index in [1.807, 2.05) is 12.3 Å². The Balaban J connectivity index is 1.62. The van der Waals surface area contributed by atoms with Gasteiger partial charge in [-0.1, -0.05) is 13.0 Å². The number of nitrogens with one attached hydrogen (secondary N) is 1. The minimum atomic E-state index is -0.130. The van der Waals surface area contributed by atoms with Gasteiger partial charge in [0.05, 0.1) is 11.7 Å². The summed E-state index contributed by atoms with van der Waals surface area (Å²) in [6.07, 6.45) is 5.41. The van der Waals surface area contributed by atoms with Gasteiger partial charge in [-0.15, -0.1) is 0 Å². The molecule has 2 heterocycles. The number of amides is 2. The lowest BCUT2D eigenvalue weighted by molar-refractivity contribution is -0.117. The Hall–Kier alpha value is -2.97. The molecule has 35 heavy (non-hydrogen) atoms. The van der Waals surface area contributed by atoms with Gasteiger partial charge in [0, 0.05) is 69.9 Å². The lowest BCUT2D eigenvalue weighted by Crippen LogP contribution is -2.46. The molecule has 2 amide bonds. The molecule has 1 aromatic heterocycles. The molecule has 0 saturated heterocycles. The number of hydrogen-bond acceptors (Lipinski definition) is 6. The van der Waals surface area contributed by atoms with E-state index in [1.54, 1.807) is 43.5 Å². The highest BCUT2D eigenvalue weighted by atomic mass is 16.5. The minimum Gasteiger partial charge on any atom is -0.491 e. The summed E-state index contributed by atoms with van der Waals surface area (Å²) in [6.45, 7) is 6.66. The second-order valence-corrected chi connectivity index (χ2v) is 9.86. The molecule has 188 valence electrons. The molecule has 1 saturated carbocycles. The fourth-order valence-electron chi connectivity index (χ4n) is 4.46. The molecule has 1 aromatic carbocycles. The Kier molecular flexibility index (Phi) is 8.03. The summed E-state index contributed by atoms with van der Waals surface area (Å²) in [5.74, 6) is 0.655. The molecule has 0 radical (unpaired) electrons. The van der Waals surface area contributed by atoms with Crippen molar-refractivity contribution in [2.75, 3.05) is 39.2 Å². The molecule has 0 bridgehead atoms. The number of fused-ring (bicyclic) bond motifs is 1. The summed E-state index contributed by atoms with van der Waals surface area (Å²) < 4.78 is 12.1. The van der Waals surface area contributed by atoms with Gasteiger partial charge in [0.25, 0.3) is 5.91 Å². The van der Waals surface area contributed by atoms with Crippen molar-refractivity contribution in [3.8, 4) is 5.75 Å². The number of benzene rings is 1. The van der Waals surface area contributed by atoms with Gasteiger partial charge in [0.1, 0.15) is 12.4 Å². The van der Waals surface area contributed by atoms with E-state index in [1.165, 1.54) is 0 Å². The van der Waals surface area contributed by atoms with E-state index in [9.17, 15) is 9.59 Å². The van der Waals surface area contributed by atoms with Crippen LogP contribution in [0.3, 0.4) is 0 Å². The maximum absolute atomic E-state index is 13.3. The highest BCUT2D eigenvalue weighted by molar-refractivity contribution is 5.99. The number of pyridine rings is 1. The molecule has 8 nitrogen and oxygen atoms in total. The Labute approximate surface area is 207 Å². The van der Waals surface area contributed by atoms with Gasteiger partial charge in [0.15, 0.2) is 0 Å². The Morgan fingerprint density at radius 2 is 2.03 bits per heavy atom. The van der Waals surface area contributed by atoms with Crippen molar-refractivity contribution in [2.24, 2.45) is 11.8 Å². The maximum Gasteiger partial charge on any atom is 0.257 e. The van der Waals surface area contributed by atoms with E-state index in [0.717, 1.165) is 31.5 Å². The first-order valence-corrected chi connectivity index (χ1v) is 12.3. The number of likely N-dealkylation sites (N-methyl/N-ethyl adjacent to an activating group) is 1. The monoisotopic (exact) mass is 480 g/mol. The van der Waals surface area contributed by atoms with Crippen LogP contribution in [0.1, 0.15) is 42.6 Å². The first-order valence-electron chi connectivity index (χ1n) is 12.3. The number of hydrogen-bond donors (Lipinski definition) is 1. The van der Waals surface area contributed by atoms with Crippen LogP contribution < -0.4 is 10.1 Å². The molecule has 0 unspecified atom stereocenters. The number of ether oxygens (including phenoxy) is 2. The van der Waals surface area contributed by atoms with Crippen molar-refractivity contribution >= 4 is 17.5 Å². The van der Waals surface area contributed by atoms with Gasteiger partial charge in [-0.05, 0) is 49.4 Å². The van der Waals surface area contributed by atoms with Crippen LogP contribution in [0.2, 0.25) is 0 Å². The van der Waals surface area contributed by atoms with Gasteiger partial charge in [-0.25, -0.2) is 0 Å². The number of nitrogens with zero attached hydrogens (tertiary/aromatic N) is 3. The zero-order valence-corrected chi connectivity index (χ0v) is 21.1. The molecular weight excluding hydrogens is 444 g/mol. The average Bonchev–Trinajstić information content (AvgIpc) is 3.71. The second kappa shape index (κ2) is 11.2. The predicted octanol–water partition coefficient (Wildman–Crippen LogP) is 3.44. The largest absolute Gasteiger partial charge is 0.491 e. The van der Waals surface area contributed by atoms with E-state index in [0.29, 0.717) is 30.2 Å². The molecule has 4 rings (SSSR count). The minimum absolute atomic E-state index is 0.0227. The number of anilines is 1. The second-order valence-electron chi connectivity index (χ2n) is 9.86. The van der Waals surface area contributed by atoms with Crippen LogP contribution in [0, 0.1) is 11.8 Å². The zero-order chi connectivity index (χ0) is 24.9. The van der Waals surface area contributed by atoms with Crippen LogP contribution in [0.4, 0.5) is 5.69 Å². The van der Waals surface area contributed by atoms with Gasteiger partial charge in [-0.3, -0.25) is 19.5 Å². The third-order valence-corrected chi connectivity index (χ3v) is 6.90.